The first-order chi connectivity index (χ1) is 10.1. The van der Waals surface area contributed by atoms with Gasteiger partial charge in [0.15, 0.2) is 0 Å². The summed E-state index contributed by atoms with van der Waals surface area (Å²) in [7, 11) is 0.399. The summed E-state index contributed by atoms with van der Waals surface area (Å²) in [6.07, 6.45) is 4.97. The molecule has 7 heteroatoms. The first-order valence-electron chi connectivity index (χ1n) is 7.65. The lowest BCUT2D eigenvalue weighted by atomic mass is 10.2. The van der Waals surface area contributed by atoms with E-state index in [0.29, 0.717) is 18.6 Å². The van der Waals surface area contributed by atoms with Crippen molar-refractivity contribution >= 4 is 16.1 Å². The molecule has 0 aliphatic carbocycles. The number of quaternary nitrogens is 1. The monoisotopic (exact) mass is 337 g/mol. The molecule has 22 heavy (non-hydrogen) atoms. The number of unbranched alkanes of at least 4 members (excludes halogenated alkanes) is 3. The van der Waals surface area contributed by atoms with E-state index in [2.05, 4.69) is 20.7 Å². The van der Waals surface area contributed by atoms with Gasteiger partial charge < -0.3 is 14.2 Å². The van der Waals surface area contributed by atoms with Gasteiger partial charge in [-0.25, -0.2) is 13.2 Å². The van der Waals surface area contributed by atoms with E-state index in [0.717, 1.165) is 12.8 Å². The van der Waals surface area contributed by atoms with Crippen LogP contribution < -0.4 is 4.90 Å². The molecule has 0 spiro atoms. The summed E-state index contributed by atoms with van der Waals surface area (Å²) < 4.78 is 34.0. The summed E-state index contributed by atoms with van der Waals surface area (Å²) in [6, 6.07) is 0. The van der Waals surface area contributed by atoms with Gasteiger partial charge in [0.2, 0.25) is 0 Å². The van der Waals surface area contributed by atoms with Crippen molar-refractivity contribution in [2.75, 3.05) is 33.0 Å². The fraction of sp³-hybridized carbons (Fsp3) is 0.800. The maximum Gasteiger partial charge on any atom is 0.333 e. The zero-order chi connectivity index (χ0) is 17.6. The molecular weight excluding hydrogens is 306 g/mol. The Labute approximate surface area is 135 Å². The second kappa shape index (κ2) is 13.7. The maximum atomic E-state index is 11.0. The summed E-state index contributed by atoms with van der Waals surface area (Å²) in [5.41, 5.74) is 0.478. The SMILES string of the molecule is C=C(C)C(=O)OCCCCCC[NH+](C)C.CCCS(=O)(=O)[O-]. The molecule has 0 fully saturated rings. The Morgan fingerprint density at radius 1 is 1.18 bits per heavy atom. The Balaban J connectivity index is 0. The van der Waals surface area contributed by atoms with Gasteiger partial charge in [-0.05, 0) is 39.0 Å². The predicted octanol–water partition coefficient (Wildman–Crippen LogP) is 0.752. The topological polar surface area (TPSA) is 87.9 Å². The predicted molar refractivity (Wildman–Crippen MR) is 86.8 cm³/mol. The molecule has 6 nitrogen and oxygen atoms in total. The molecule has 0 unspecified atom stereocenters. The van der Waals surface area contributed by atoms with Crippen LogP contribution in [0.1, 0.15) is 46.0 Å². The van der Waals surface area contributed by atoms with Crippen molar-refractivity contribution < 1.29 is 27.4 Å². The van der Waals surface area contributed by atoms with Crippen molar-refractivity contribution in [3.05, 3.63) is 12.2 Å². The van der Waals surface area contributed by atoms with E-state index in [4.69, 9.17) is 4.74 Å². The highest BCUT2D eigenvalue weighted by Crippen LogP contribution is 2.00. The number of carbonyl (C=O) groups is 1. The number of hydrogen-bond acceptors (Lipinski definition) is 5. The zero-order valence-electron chi connectivity index (χ0n) is 14.3. The standard InChI is InChI=1S/C12H23NO2.C3H8O3S/c1-11(2)12(14)15-10-8-6-5-7-9-13(3)4;1-2-3-7(4,5)6/h1,5-10H2,2-4H3;2-3H2,1H3,(H,4,5,6). The van der Waals surface area contributed by atoms with Gasteiger partial charge in [-0.15, -0.1) is 0 Å². The van der Waals surface area contributed by atoms with Gasteiger partial charge in [-0.2, -0.15) is 0 Å². The molecule has 0 saturated heterocycles. The molecule has 0 heterocycles. The molecule has 0 aromatic carbocycles. The maximum absolute atomic E-state index is 11.0. The number of rotatable bonds is 10. The van der Waals surface area contributed by atoms with Crippen LogP contribution in [0.4, 0.5) is 0 Å². The Morgan fingerprint density at radius 2 is 1.73 bits per heavy atom. The third-order valence-electron chi connectivity index (χ3n) is 2.61. The molecule has 0 bridgehead atoms. The number of esters is 1. The normalized spacial score (nSPS) is 10.8. The van der Waals surface area contributed by atoms with Crippen LogP contribution in [0.2, 0.25) is 0 Å². The van der Waals surface area contributed by atoms with Crippen molar-refractivity contribution in [1.82, 2.24) is 0 Å². The van der Waals surface area contributed by atoms with Gasteiger partial charge >= 0.3 is 5.97 Å². The molecular formula is C15H31NO5S. The molecule has 132 valence electrons. The average molecular weight is 337 g/mol. The minimum absolute atomic E-state index is 0.243. The van der Waals surface area contributed by atoms with E-state index >= 15 is 0 Å². The lowest BCUT2D eigenvalue weighted by Gasteiger charge is -2.06. The first-order valence-corrected chi connectivity index (χ1v) is 9.23. The van der Waals surface area contributed by atoms with Gasteiger partial charge in [0.1, 0.15) is 0 Å². The van der Waals surface area contributed by atoms with E-state index in [1.165, 1.54) is 24.3 Å². The Morgan fingerprint density at radius 3 is 2.09 bits per heavy atom. The van der Waals surface area contributed by atoms with E-state index in [-0.39, 0.29) is 11.7 Å². The summed E-state index contributed by atoms with van der Waals surface area (Å²) in [5.74, 6) is -0.514. The summed E-state index contributed by atoms with van der Waals surface area (Å²) in [4.78, 5) is 12.5. The lowest BCUT2D eigenvalue weighted by molar-refractivity contribution is -0.858. The Hall–Kier alpha value is -0.920. The van der Waals surface area contributed by atoms with Crippen molar-refractivity contribution in [3.8, 4) is 0 Å². The number of carbonyl (C=O) groups excluding carboxylic acids is 1. The van der Waals surface area contributed by atoms with Crippen molar-refractivity contribution in [2.45, 2.75) is 46.0 Å². The number of nitrogens with one attached hydrogen (secondary N) is 1. The summed E-state index contributed by atoms with van der Waals surface area (Å²) in [6.45, 7) is 8.58. The van der Waals surface area contributed by atoms with E-state index in [9.17, 15) is 17.8 Å². The molecule has 0 amide bonds. The van der Waals surface area contributed by atoms with Crippen LogP contribution >= 0.6 is 0 Å². The molecule has 0 aliphatic heterocycles. The fourth-order valence-corrected chi connectivity index (χ4v) is 1.97. The van der Waals surface area contributed by atoms with Crippen LogP contribution in [0.5, 0.6) is 0 Å². The molecule has 0 aromatic heterocycles. The smallest absolute Gasteiger partial charge is 0.333 e. The minimum atomic E-state index is -3.92. The second-order valence-corrected chi connectivity index (χ2v) is 7.07. The summed E-state index contributed by atoms with van der Waals surface area (Å²) >= 11 is 0. The molecule has 0 radical (unpaired) electrons. The molecule has 0 aliphatic rings. The fourth-order valence-electron chi connectivity index (χ4n) is 1.47. The second-order valence-electron chi connectivity index (χ2n) is 5.55. The average Bonchev–Trinajstić information content (AvgIpc) is 2.36. The van der Waals surface area contributed by atoms with Crippen molar-refractivity contribution in [3.63, 3.8) is 0 Å². The van der Waals surface area contributed by atoms with Crippen LogP contribution in [0.3, 0.4) is 0 Å². The summed E-state index contributed by atoms with van der Waals surface area (Å²) in [5, 5.41) is 0. The van der Waals surface area contributed by atoms with E-state index in [1.807, 2.05) is 0 Å². The van der Waals surface area contributed by atoms with E-state index < -0.39 is 10.1 Å². The minimum Gasteiger partial charge on any atom is -0.748 e. The molecule has 0 saturated carbocycles. The first kappa shape index (κ1) is 23.3. The lowest BCUT2D eigenvalue weighted by Crippen LogP contribution is -3.05. The van der Waals surface area contributed by atoms with Crippen molar-refractivity contribution in [1.29, 1.82) is 0 Å². The van der Waals surface area contributed by atoms with Gasteiger partial charge in [0, 0.05) is 11.3 Å². The highest BCUT2D eigenvalue weighted by atomic mass is 32.2. The Kier molecular flexibility index (Phi) is 14.6. The van der Waals surface area contributed by atoms with E-state index in [1.54, 1.807) is 13.8 Å². The number of ether oxygens (including phenoxy) is 1. The highest BCUT2D eigenvalue weighted by Gasteiger charge is 2.01. The van der Waals surface area contributed by atoms with Crippen LogP contribution in [0.25, 0.3) is 0 Å². The number of hydrogen-bond donors (Lipinski definition) is 1. The van der Waals surface area contributed by atoms with Gasteiger partial charge in [0.05, 0.1) is 37.4 Å². The van der Waals surface area contributed by atoms with Gasteiger partial charge in [-0.1, -0.05) is 13.5 Å². The Bertz CT molecular complexity index is 404. The third-order valence-corrected chi connectivity index (χ3v) is 3.52. The van der Waals surface area contributed by atoms with Crippen molar-refractivity contribution in [2.24, 2.45) is 0 Å². The van der Waals surface area contributed by atoms with Crippen LogP contribution in [0.15, 0.2) is 12.2 Å². The van der Waals surface area contributed by atoms with Crippen LogP contribution in [-0.2, 0) is 19.6 Å². The molecule has 1 N–H and O–H groups in total. The molecule has 0 rings (SSSR count). The molecule has 0 atom stereocenters. The quantitative estimate of drug-likeness (QED) is 0.275. The molecule has 0 aromatic rings. The zero-order valence-corrected chi connectivity index (χ0v) is 15.1. The van der Waals surface area contributed by atoms with Gasteiger partial charge in [-0.3, -0.25) is 0 Å². The third kappa shape index (κ3) is 21.4. The van der Waals surface area contributed by atoms with Gasteiger partial charge in [0.25, 0.3) is 0 Å². The van der Waals surface area contributed by atoms with Crippen LogP contribution in [-0.4, -0.2) is 51.9 Å². The van der Waals surface area contributed by atoms with Crippen LogP contribution in [0, 0.1) is 0 Å². The largest absolute Gasteiger partial charge is 0.748 e. The highest BCUT2D eigenvalue weighted by molar-refractivity contribution is 7.85.